The number of ether oxygens (including phenoxy) is 1. The van der Waals surface area contributed by atoms with Gasteiger partial charge in [0.25, 0.3) is 0 Å². The number of guanidine groups is 1. The number of aliphatic imine (C=N–C) groups is 1. The summed E-state index contributed by atoms with van der Waals surface area (Å²) in [7, 11) is 3.58. The van der Waals surface area contributed by atoms with Gasteiger partial charge in [0.05, 0.1) is 18.8 Å². The maximum Gasteiger partial charge on any atom is 0.191 e. The van der Waals surface area contributed by atoms with Gasteiger partial charge in [-0.1, -0.05) is 25.1 Å². The van der Waals surface area contributed by atoms with E-state index in [1.54, 1.807) is 7.11 Å². The van der Waals surface area contributed by atoms with Crippen LogP contribution in [0, 0.1) is 19.8 Å². The number of rotatable bonds is 9. The highest BCUT2D eigenvalue weighted by Crippen LogP contribution is 2.31. The first-order valence-corrected chi connectivity index (χ1v) is 11.3. The van der Waals surface area contributed by atoms with E-state index >= 15 is 0 Å². The fraction of sp³-hybridized carbons (Fsp3) is 0.583. The average molecular weight is 427 g/mol. The van der Waals surface area contributed by atoms with Crippen LogP contribution in [0.3, 0.4) is 0 Å². The number of benzene rings is 1. The molecule has 0 amide bonds. The van der Waals surface area contributed by atoms with Crippen LogP contribution in [-0.2, 0) is 6.54 Å². The molecule has 7 nitrogen and oxygen atoms in total. The zero-order valence-electron chi connectivity index (χ0n) is 19.7. The van der Waals surface area contributed by atoms with Crippen molar-refractivity contribution in [3.63, 3.8) is 0 Å². The van der Waals surface area contributed by atoms with Crippen LogP contribution in [-0.4, -0.2) is 61.0 Å². The molecule has 31 heavy (non-hydrogen) atoms. The standard InChI is InChI=1S/C24H38N6O/c1-18(17-30-20(3)14-19(2)28-30)15-26-24(25-4)27-16-22(29-12-8-9-13-29)21-10-6-7-11-23(21)31-5/h6-7,10-11,14,18,22H,8-9,12-13,15-17H2,1-5H3,(H2,25,26,27). The van der Waals surface area contributed by atoms with Crippen molar-refractivity contribution in [1.29, 1.82) is 0 Å². The van der Waals surface area contributed by atoms with Gasteiger partial charge in [-0.15, -0.1) is 0 Å². The Hall–Kier alpha value is -2.54. The molecule has 170 valence electrons. The molecule has 7 heteroatoms. The minimum absolute atomic E-state index is 0.254. The molecule has 1 aromatic heterocycles. The van der Waals surface area contributed by atoms with Crippen molar-refractivity contribution in [2.75, 3.05) is 40.3 Å². The molecule has 1 aliphatic heterocycles. The number of likely N-dealkylation sites (tertiary alicyclic amines) is 1. The molecule has 0 saturated carbocycles. The molecule has 0 bridgehead atoms. The molecule has 2 unspecified atom stereocenters. The SMILES string of the molecule is CN=C(NCC(C)Cn1nc(C)cc1C)NCC(c1ccccc1OC)N1CCCC1. The first-order chi connectivity index (χ1) is 15.0. The Labute approximate surface area is 186 Å². The van der Waals surface area contributed by atoms with E-state index in [4.69, 9.17) is 4.74 Å². The molecule has 1 aliphatic rings. The van der Waals surface area contributed by atoms with Gasteiger partial charge in [0, 0.05) is 37.9 Å². The zero-order chi connectivity index (χ0) is 22.2. The first-order valence-electron chi connectivity index (χ1n) is 11.3. The molecule has 2 aromatic rings. The van der Waals surface area contributed by atoms with Gasteiger partial charge < -0.3 is 15.4 Å². The van der Waals surface area contributed by atoms with Gasteiger partial charge in [-0.25, -0.2) is 0 Å². The van der Waals surface area contributed by atoms with E-state index in [9.17, 15) is 0 Å². The number of nitrogens with zero attached hydrogens (tertiary/aromatic N) is 4. The summed E-state index contributed by atoms with van der Waals surface area (Å²) in [5, 5.41) is 11.6. The Bertz CT molecular complexity index is 856. The van der Waals surface area contributed by atoms with Crippen LogP contribution in [0.2, 0.25) is 0 Å². The number of nitrogens with one attached hydrogen (secondary N) is 2. The Kier molecular flexibility index (Phi) is 8.35. The van der Waals surface area contributed by atoms with E-state index in [1.165, 1.54) is 24.1 Å². The lowest BCUT2D eigenvalue weighted by atomic mass is 10.0. The van der Waals surface area contributed by atoms with Crippen LogP contribution >= 0.6 is 0 Å². The fourth-order valence-corrected chi connectivity index (χ4v) is 4.34. The second kappa shape index (κ2) is 11.2. The van der Waals surface area contributed by atoms with Gasteiger partial charge in [-0.05, 0) is 57.8 Å². The smallest absolute Gasteiger partial charge is 0.191 e. The molecule has 0 spiro atoms. The van der Waals surface area contributed by atoms with E-state index in [2.05, 4.69) is 62.4 Å². The Morgan fingerprint density at radius 2 is 1.87 bits per heavy atom. The van der Waals surface area contributed by atoms with E-state index in [-0.39, 0.29) is 6.04 Å². The molecule has 1 saturated heterocycles. The van der Waals surface area contributed by atoms with Gasteiger partial charge >= 0.3 is 0 Å². The minimum Gasteiger partial charge on any atom is -0.496 e. The molecular weight excluding hydrogens is 388 g/mol. The van der Waals surface area contributed by atoms with Crippen LogP contribution in [0.5, 0.6) is 5.75 Å². The summed E-state index contributed by atoms with van der Waals surface area (Å²) in [5.74, 6) is 2.21. The predicted molar refractivity (Wildman–Crippen MR) is 127 cm³/mol. The third-order valence-electron chi connectivity index (χ3n) is 5.97. The van der Waals surface area contributed by atoms with E-state index in [0.717, 1.165) is 50.1 Å². The lowest BCUT2D eigenvalue weighted by molar-refractivity contribution is 0.239. The van der Waals surface area contributed by atoms with Gasteiger partial charge in [0.1, 0.15) is 5.75 Å². The molecule has 2 atom stereocenters. The van der Waals surface area contributed by atoms with Crippen LogP contribution < -0.4 is 15.4 Å². The lowest BCUT2D eigenvalue weighted by Gasteiger charge is -2.30. The number of aromatic nitrogens is 2. The Morgan fingerprint density at radius 1 is 1.16 bits per heavy atom. The lowest BCUT2D eigenvalue weighted by Crippen LogP contribution is -2.44. The minimum atomic E-state index is 0.254. The quantitative estimate of drug-likeness (QED) is 0.476. The second-order valence-electron chi connectivity index (χ2n) is 8.55. The third kappa shape index (κ3) is 6.23. The number of para-hydroxylation sites is 1. The number of methoxy groups -OCH3 is 1. The number of hydrogen-bond donors (Lipinski definition) is 2. The summed E-state index contributed by atoms with van der Waals surface area (Å²) in [4.78, 5) is 6.99. The van der Waals surface area contributed by atoms with E-state index < -0.39 is 0 Å². The van der Waals surface area contributed by atoms with Gasteiger partial charge in [0.2, 0.25) is 0 Å². The van der Waals surface area contributed by atoms with Crippen molar-refractivity contribution in [2.45, 2.75) is 46.2 Å². The molecule has 1 fully saturated rings. The van der Waals surface area contributed by atoms with Gasteiger partial charge in [-0.3, -0.25) is 14.6 Å². The van der Waals surface area contributed by atoms with E-state index in [0.29, 0.717) is 5.92 Å². The maximum absolute atomic E-state index is 5.66. The molecular formula is C24H38N6O. The highest BCUT2D eigenvalue weighted by Gasteiger charge is 2.26. The highest BCUT2D eigenvalue weighted by molar-refractivity contribution is 5.79. The molecule has 2 heterocycles. The van der Waals surface area contributed by atoms with E-state index in [1.807, 2.05) is 26.1 Å². The largest absolute Gasteiger partial charge is 0.496 e. The van der Waals surface area contributed by atoms with Crippen molar-refractivity contribution in [2.24, 2.45) is 10.9 Å². The normalized spacial score (nSPS) is 16.9. The van der Waals surface area contributed by atoms with Gasteiger partial charge in [-0.2, -0.15) is 5.10 Å². The molecule has 2 N–H and O–H groups in total. The second-order valence-corrected chi connectivity index (χ2v) is 8.55. The first kappa shape index (κ1) is 23.1. The number of aryl methyl sites for hydroxylation is 2. The zero-order valence-corrected chi connectivity index (χ0v) is 19.7. The van der Waals surface area contributed by atoms with Crippen LogP contribution in [0.25, 0.3) is 0 Å². The van der Waals surface area contributed by atoms with Gasteiger partial charge in [0.15, 0.2) is 5.96 Å². The molecule has 0 aliphatic carbocycles. The molecule has 1 aromatic carbocycles. The van der Waals surface area contributed by atoms with Crippen molar-refractivity contribution in [3.05, 3.63) is 47.3 Å². The summed E-state index contributed by atoms with van der Waals surface area (Å²) in [6.45, 7) is 11.1. The fourth-order valence-electron chi connectivity index (χ4n) is 4.34. The van der Waals surface area contributed by atoms with Crippen LogP contribution in [0.1, 0.15) is 42.8 Å². The Morgan fingerprint density at radius 3 is 2.52 bits per heavy atom. The predicted octanol–water partition coefficient (Wildman–Crippen LogP) is 3.15. The molecule has 0 radical (unpaired) electrons. The highest BCUT2D eigenvalue weighted by atomic mass is 16.5. The monoisotopic (exact) mass is 426 g/mol. The summed E-state index contributed by atoms with van der Waals surface area (Å²) in [6.07, 6.45) is 2.50. The summed E-state index contributed by atoms with van der Waals surface area (Å²) in [6, 6.07) is 10.7. The number of hydrogen-bond acceptors (Lipinski definition) is 4. The summed E-state index contributed by atoms with van der Waals surface area (Å²) in [5.41, 5.74) is 3.50. The van der Waals surface area contributed by atoms with Crippen molar-refractivity contribution in [3.8, 4) is 5.75 Å². The van der Waals surface area contributed by atoms with Crippen LogP contribution in [0.15, 0.2) is 35.3 Å². The average Bonchev–Trinajstić information content (AvgIpc) is 3.40. The van der Waals surface area contributed by atoms with Crippen molar-refractivity contribution < 1.29 is 4.74 Å². The van der Waals surface area contributed by atoms with Crippen molar-refractivity contribution >= 4 is 5.96 Å². The summed E-state index contributed by atoms with van der Waals surface area (Å²) < 4.78 is 7.74. The Balaban J connectivity index is 1.58. The topological polar surface area (TPSA) is 66.7 Å². The van der Waals surface area contributed by atoms with Crippen LogP contribution in [0.4, 0.5) is 0 Å². The maximum atomic E-state index is 5.66. The molecule has 3 rings (SSSR count). The summed E-state index contributed by atoms with van der Waals surface area (Å²) >= 11 is 0. The van der Waals surface area contributed by atoms with Crippen molar-refractivity contribution in [1.82, 2.24) is 25.3 Å². The third-order valence-corrected chi connectivity index (χ3v) is 5.97.